The van der Waals surface area contributed by atoms with Crippen molar-refractivity contribution in [3.05, 3.63) is 38.5 Å². The maximum atomic E-state index is 13.2. The predicted octanol–water partition coefficient (Wildman–Crippen LogP) is 1.85. The predicted molar refractivity (Wildman–Crippen MR) is 103 cm³/mol. The Kier molecular flexibility index (Phi) is 4.15. The third-order valence-electron chi connectivity index (χ3n) is 5.11. The van der Waals surface area contributed by atoms with Gasteiger partial charge in [0.25, 0.3) is 11.5 Å². The van der Waals surface area contributed by atoms with Gasteiger partial charge >= 0.3 is 0 Å². The van der Waals surface area contributed by atoms with Crippen LogP contribution < -0.4 is 26.9 Å². The lowest BCUT2D eigenvalue weighted by atomic mass is 10.1. The van der Waals surface area contributed by atoms with E-state index in [-0.39, 0.29) is 39.0 Å². The van der Waals surface area contributed by atoms with Crippen LogP contribution in [0.2, 0.25) is 10.0 Å². The average molecular weight is 410 g/mol. The maximum absolute atomic E-state index is 13.2. The Labute approximate surface area is 164 Å². The molecule has 1 amide bonds. The van der Waals surface area contributed by atoms with Crippen LogP contribution in [0.3, 0.4) is 0 Å². The Balaban J connectivity index is 1.85. The first-order chi connectivity index (χ1) is 12.8. The summed E-state index contributed by atoms with van der Waals surface area (Å²) in [6.07, 6.45) is 4.68. The Morgan fingerprint density at radius 2 is 1.96 bits per heavy atom. The molecule has 0 radical (unpaired) electrons. The minimum Gasteiger partial charge on any atom is -0.382 e. The summed E-state index contributed by atoms with van der Waals surface area (Å²) in [5.41, 5.74) is 4.87. The van der Waals surface area contributed by atoms with Gasteiger partial charge in [0.05, 0.1) is 5.02 Å². The van der Waals surface area contributed by atoms with Crippen LogP contribution in [0.5, 0.6) is 0 Å². The number of anilines is 3. The van der Waals surface area contributed by atoms with Gasteiger partial charge in [-0.05, 0) is 31.7 Å². The molecule has 27 heavy (non-hydrogen) atoms. The first-order valence-corrected chi connectivity index (χ1v) is 9.15. The fraction of sp³-hybridized carbons (Fsp3) is 0.375. The average Bonchev–Trinajstić information content (AvgIpc) is 3.09. The van der Waals surface area contributed by atoms with Crippen molar-refractivity contribution in [2.24, 2.45) is 0 Å². The van der Waals surface area contributed by atoms with Gasteiger partial charge in [-0.15, -0.1) is 0 Å². The maximum Gasteiger partial charge on any atom is 0.293 e. The number of carbonyl (C=O) groups excluding carboxylic acids is 1. The van der Waals surface area contributed by atoms with Gasteiger partial charge in [0.2, 0.25) is 0 Å². The summed E-state index contributed by atoms with van der Waals surface area (Å²) in [4.78, 5) is 33.6. The lowest BCUT2D eigenvalue weighted by Crippen LogP contribution is -2.68. The first-order valence-electron chi connectivity index (χ1n) is 8.39. The monoisotopic (exact) mass is 409 g/mol. The van der Waals surface area contributed by atoms with E-state index in [0.717, 1.165) is 25.7 Å². The summed E-state index contributed by atoms with van der Waals surface area (Å²) in [6, 6.07) is 1.38. The molecule has 3 heterocycles. The second kappa shape index (κ2) is 6.28. The molecule has 2 aliphatic rings. The van der Waals surface area contributed by atoms with Crippen molar-refractivity contribution in [1.82, 2.24) is 20.0 Å². The summed E-state index contributed by atoms with van der Waals surface area (Å²) >= 11 is 12.4. The summed E-state index contributed by atoms with van der Waals surface area (Å²) in [5.74, 6) is -0.107. The standard InChI is InChI=1S/C16H17Cl2N7O2/c1-24-16(4-2-3-5-16)23-14(26)11-8(17)6-9(15(27)25(11)24)22-13-10(18)12(19)20-7-21-13/h6-7H,2-5H2,1H3,(H,23,26)(H3,19,20,21,22). The number of fused-ring (bicyclic) bond motifs is 1. The highest BCUT2D eigenvalue weighted by Crippen LogP contribution is 2.35. The fourth-order valence-electron chi connectivity index (χ4n) is 3.70. The van der Waals surface area contributed by atoms with Crippen LogP contribution in [0.25, 0.3) is 0 Å². The second-order valence-electron chi connectivity index (χ2n) is 6.63. The van der Waals surface area contributed by atoms with Gasteiger partial charge < -0.3 is 16.4 Å². The Bertz CT molecular complexity index is 1000. The molecular weight excluding hydrogens is 393 g/mol. The molecule has 4 rings (SSSR count). The van der Waals surface area contributed by atoms with Crippen molar-refractivity contribution in [3.8, 4) is 0 Å². The van der Waals surface area contributed by atoms with Crippen molar-refractivity contribution >= 4 is 46.4 Å². The normalized spacial score (nSPS) is 17.7. The molecule has 0 aromatic carbocycles. The summed E-state index contributed by atoms with van der Waals surface area (Å²) < 4.78 is 1.31. The van der Waals surface area contributed by atoms with E-state index >= 15 is 0 Å². The molecule has 0 bridgehead atoms. The number of nitrogen functional groups attached to an aromatic ring is 1. The molecule has 1 spiro atoms. The highest BCUT2D eigenvalue weighted by atomic mass is 35.5. The minimum absolute atomic E-state index is 0.0831. The number of nitrogens with one attached hydrogen (secondary N) is 2. The SMILES string of the molecule is CN1n2c(c(Cl)cc(Nc3ncnc(N)c3Cl)c2=O)C(=O)NC12CCCC2. The smallest absolute Gasteiger partial charge is 0.293 e. The highest BCUT2D eigenvalue weighted by Gasteiger charge is 2.45. The van der Waals surface area contributed by atoms with Crippen molar-refractivity contribution < 1.29 is 4.79 Å². The van der Waals surface area contributed by atoms with Crippen molar-refractivity contribution in [2.75, 3.05) is 23.1 Å². The van der Waals surface area contributed by atoms with Crippen LogP contribution >= 0.6 is 23.2 Å². The van der Waals surface area contributed by atoms with Gasteiger partial charge in [-0.2, -0.15) is 0 Å². The Morgan fingerprint density at radius 1 is 1.26 bits per heavy atom. The number of pyridine rings is 1. The van der Waals surface area contributed by atoms with Crippen LogP contribution in [0, 0.1) is 0 Å². The molecular formula is C16H17Cl2N7O2. The van der Waals surface area contributed by atoms with Crippen LogP contribution in [-0.4, -0.2) is 33.3 Å². The number of aromatic nitrogens is 3. The van der Waals surface area contributed by atoms with Crippen LogP contribution in [0.15, 0.2) is 17.2 Å². The zero-order valence-electron chi connectivity index (χ0n) is 14.4. The Hall–Kier alpha value is -2.52. The number of nitrogens with two attached hydrogens (primary N) is 1. The van der Waals surface area contributed by atoms with Crippen LogP contribution in [0.1, 0.15) is 36.2 Å². The molecule has 11 heteroatoms. The van der Waals surface area contributed by atoms with Crippen molar-refractivity contribution in [3.63, 3.8) is 0 Å². The van der Waals surface area contributed by atoms with Gasteiger partial charge in [0.15, 0.2) is 5.82 Å². The third kappa shape index (κ3) is 2.69. The molecule has 0 atom stereocenters. The largest absolute Gasteiger partial charge is 0.382 e. The van der Waals surface area contributed by atoms with Gasteiger partial charge in [0, 0.05) is 7.05 Å². The molecule has 9 nitrogen and oxygen atoms in total. The number of carbonyl (C=O) groups is 1. The molecule has 1 aliphatic heterocycles. The number of nitrogens with zero attached hydrogens (tertiary/aromatic N) is 4. The van der Waals surface area contributed by atoms with Crippen molar-refractivity contribution in [1.29, 1.82) is 0 Å². The van der Waals surface area contributed by atoms with E-state index < -0.39 is 11.2 Å². The molecule has 0 unspecified atom stereocenters. The van der Waals surface area contributed by atoms with E-state index in [1.807, 2.05) is 0 Å². The summed E-state index contributed by atoms with van der Waals surface area (Å²) in [5, 5.41) is 7.84. The topological polar surface area (TPSA) is 118 Å². The van der Waals surface area contributed by atoms with Gasteiger partial charge in [-0.3, -0.25) is 14.6 Å². The summed E-state index contributed by atoms with van der Waals surface area (Å²) in [6.45, 7) is 0. The highest BCUT2D eigenvalue weighted by molar-refractivity contribution is 6.35. The van der Waals surface area contributed by atoms with E-state index in [1.54, 1.807) is 12.1 Å². The molecule has 0 saturated heterocycles. The zero-order valence-corrected chi connectivity index (χ0v) is 15.9. The zero-order chi connectivity index (χ0) is 19.3. The minimum atomic E-state index is -0.590. The molecule has 1 aliphatic carbocycles. The molecule has 4 N–H and O–H groups in total. The Morgan fingerprint density at radius 3 is 2.67 bits per heavy atom. The van der Waals surface area contributed by atoms with Gasteiger partial charge in [0.1, 0.15) is 34.2 Å². The number of amides is 1. The number of rotatable bonds is 2. The van der Waals surface area contributed by atoms with Gasteiger partial charge in [-0.1, -0.05) is 23.2 Å². The quantitative estimate of drug-likeness (QED) is 0.692. The number of hydrogen-bond acceptors (Lipinski definition) is 7. The number of halogens is 2. The van der Waals surface area contributed by atoms with E-state index in [0.29, 0.717) is 0 Å². The second-order valence-corrected chi connectivity index (χ2v) is 7.42. The lowest BCUT2D eigenvalue weighted by Gasteiger charge is -2.45. The van der Waals surface area contributed by atoms with E-state index in [9.17, 15) is 9.59 Å². The molecule has 2 aromatic heterocycles. The third-order valence-corrected chi connectivity index (χ3v) is 5.77. The van der Waals surface area contributed by atoms with Crippen LogP contribution in [0.4, 0.5) is 17.3 Å². The molecule has 2 aromatic rings. The molecule has 142 valence electrons. The van der Waals surface area contributed by atoms with E-state index in [1.165, 1.54) is 17.1 Å². The van der Waals surface area contributed by atoms with Crippen molar-refractivity contribution in [2.45, 2.75) is 31.3 Å². The molecule has 1 fully saturated rings. The first kappa shape index (κ1) is 17.9. The lowest BCUT2D eigenvalue weighted by molar-refractivity contribution is 0.0830. The summed E-state index contributed by atoms with van der Waals surface area (Å²) in [7, 11) is 1.77. The van der Waals surface area contributed by atoms with E-state index in [4.69, 9.17) is 28.9 Å². The van der Waals surface area contributed by atoms with Gasteiger partial charge in [-0.25, -0.2) is 14.6 Å². The van der Waals surface area contributed by atoms with Crippen LogP contribution in [-0.2, 0) is 0 Å². The molecule has 1 saturated carbocycles. The number of hydrogen-bond donors (Lipinski definition) is 3. The van der Waals surface area contributed by atoms with E-state index in [2.05, 4.69) is 20.6 Å². The fourth-order valence-corrected chi connectivity index (χ4v) is 4.12.